The number of aromatic nitrogens is 1. The summed E-state index contributed by atoms with van der Waals surface area (Å²) in [5.74, 6) is -1.46. The van der Waals surface area contributed by atoms with Gasteiger partial charge in [0.1, 0.15) is 24.1 Å². The van der Waals surface area contributed by atoms with Gasteiger partial charge in [0.2, 0.25) is 17.7 Å². The Balaban J connectivity index is 1.81. The molecule has 0 bridgehead atoms. The topological polar surface area (TPSA) is 192 Å². The molecule has 41 heavy (non-hydrogen) atoms. The Hall–Kier alpha value is -4.22. The van der Waals surface area contributed by atoms with Gasteiger partial charge in [0.05, 0.1) is 12.1 Å². The average molecular weight is 565 g/mol. The van der Waals surface area contributed by atoms with E-state index < -0.39 is 41.9 Å². The molecule has 0 radical (unpaired) electrons. The van der Waals surface area contributed by atoms with Crippen LogP contribution in [0, 0.1) is 0 Å². The third-order valence-corrected chi connectivity index (χ3v) is 6.97. The molecular weight excluding hydrogens is 524 g/mol. The highest BCUT2D eigenvalue weighted by Gasteiger charge is 2.29. The molecule has 0 saturated heterocycles. The number of aromatic hydroxyl groups is 1. The standard InChI is InChI=1S/C30H40N6O5/c1-2-21(18-37)34-29(40)26(9-5-6-14-31)35-30(41)27(16-20-17-33-25-8-4-3-7-23(20)25)36-28(39)24(32)15-19-10-12-22(38)13-11-19/h3-4,7-8,10-13,17-18,21,24,26-27,33,38H,2,5-6,9,14-16,31-32H2,1H3,(H,34,40)(H,35,41)(H,36,39)/t21-,24?,26-,27+/m0/s1. The van der Waals surface area contributed by atoms with E-state index in [1.165, 1.54) is 12.1 Å². The third-order valence-electron chi connectivity index (χ3n) is 6.97. The first-order chi connectivity index (χ1) is 19.7. The van der Waals surface area contributed by atoms with Crippen LogP contribution in [0.4, 0.5) is 0 Å². The summed E-state index contributed by atoms with van der Waals surface area (Å²) in [6.07, 6.45) is 4.77. The molecule has 0 spiro atoms. The second-order valence-electron chi connectivity index (χ2n) is 10.1. The summed E-state index contributed by atoms with van der Waals surface area (Å²) >= 11 is 0. The van der Waals surface area contributed by atoms with E-state index >= 15 is 0 Å². The van der Waals surface area contributed by atoms with E-state index in [1.807, 2.05) is 24.3 Å². The van der Waals surface area contributed by atoms with Crippen LogP contribution >= 0.6 is 0 Å². The third kappa shape index (κ3) is 9.16. The molecule has 1 heterocycles. The minimum absolute atomic E-state index is 0.102. The van der Waals surface area contributed by atoms with E-state index in [1.54, 1.807) is 25.3 Å². The molecule has 0 aliphatic heterocycles. The molecule has 1 unspecified atom stereocenters. The van der Waals surface area contributed by atoms with Gasteiger partial charge in [-0.25, -0.2) is 0 Å². The van der Waals surface area contributed by atoms with Crippen molar-refractivity contribution in [1.29, 1.82) is 0 Å². The van der Waals surface area contributed by atoms with Gasteiger partial charge in [-0.1, -0.05) is 37.3 Å². The number of carbonyl (C=O) groups is 4. The Kier molecular flexibility index (Phi) is 11.9. The maximum Gasteiger partial charge on any atom is 0.243 e. The van der Waals surface area contributed by atoms with Crippen LogP contribution in [-0.4, -0.2) is 64.8 Å². The van der Waals surface area contributed by atoms with Crippen molar-refractivity contribution in [2.24, 2.45) is 11.5 Å². The predicted octanol–water partition coefficient (Wildman–Crippen LogP) is 1.18. The SMILES string of the molecule is CC[C@@H](C=O)NC(=O)[C@H](CCCCN)NC(=O)[C@@H](Cc1c[nH]c2ccccc12)NC(=O)C(N)Cc1ccc(O)cc1. The molecule has 3 amide bonds. The highest BCUT2D eigenvalue weighted by molar-refractivity contribution is 5.94. The number of unbranched alkanes of at least 4 members (excludes halogenated alkanes) is 1. The van der Waals surface area contributed by atoms with Gasteiger partial charge in [-0.3, -0.25) is 14.4 Å². The van der Waals surface area contributed by atoms with Crippen molar-refractivity contribution in [1.82, 2.24) is 20.9 Å². The molecule has 220 valence electrons. The van der Waals surface area contributed by atoms with Crippen molar-refractivity contribution in [3.8, 4) is 5.75 Å². The summed E-state index contributed by atoms with van der Waals surface area (Å²) in [5, 5.41) is 18.7. The first-order valence-electron chi connectivity index (χ1n) is 13.9. The molecule has 2 aromatic carbocycles. The van der Waals surface area contributed by atoms with Gasteiger partial charge in [-0.15, -0.1) is 0 Å². The Morgan fingerprint density at radius 2 is 1.61 bits per heavy atom. The molecule has 11 nitrogen and oxygen atoms in total. The van der Waals surface area contributed by atoms with E-state index in [-0.39, 0.29) is 18.6 Å². The monoisotopic (exact) mass is 564 g/mol. The smallest absolute Gasteiger partial charge is 0.243 e. The summed E-state index contributed by atoms with van der Waals surface area (Å²) in [5.41, 5.74) is 14.3. The van der Waals surface area contributed by atoms with Crippen LogP contribution in [0.25, 0.3) is 10.9 Å². The lowest BCUT2D eigenvalue weighted by molar-refractivity contribution is -0.133. The molecule has 11 heteroatoms. The lowest BCUT2D eigenvalue weighted by atomic mass is 10.0. The fraction of sp³-hybridized carbons (Fsp3) is 0.400. The van der Waals surface area contributed by atoms with E-state index in [4.69, 9.17) is 11.5 Å². The van der Waals surface area contributed by atoms with Crippen LogP contribution in [0.1, 0.15) is 43.7 Å². The maximum absolute atomic E-state index is 13.7. The molecule has 1 aromatic heterocycles. The molecule has 3 rings (SSSR count). The molecule has 9 N–H and O–H groups in total. The average Bonchev–Trinajstić information content (AvgIpc) is 3.38. The number of phenols is 1. The van der Waals surface area contributed by atoms with Crippen molar-refractivity contribution in [2.75, 3.05) is 6.54 Å². The zero-order valence-electron chi connectivity index (χ0n) is 23.3. The number of para-hydroxylation sites is 1. The number of benzene rings is 2. The van der Waals surface area contributed by atoms with Gasteiger partial charge < -0.3 is 42.3 Å². The zero-order valence-corrected chi connectivity index (χ0v) is 23.3. The zero-order chi connectivity index (χ0) is 29.8. The number of nitrogens with two attached hydrogens (primary N) is 2. The lowest BCUT2D eigenvalue weighted by Crippen LogP contribution is -2.57. The molecule has 0 aliphatic rings. The van der Waals surface area contributed by atoms with Crippen LogP contribution in [0.15, 0.2) is 54.7 Å². The first-order valence-corrected chi connectivity index (χ1v) is 13.9. The second-order valence-corrected chi connectivity index (χ2v) is 10.1. The Bertz CT molecular complexity index is 1310. The van der Waals surface area contributed by atoms with Crippen LogP contribution < -0.4 is 27.4 Å². The molecule has 0 aliphatic carbocycles. The van der Waals surface area contributed by atoms with Gasteiger partial charge in [0.15, 0.2) is 0 Å². The van der Waals surface area contributed by atoms with Gasteiger partial charge in [-0.05, 0) is 68.0 Å². The highest BCUT2D eigenvalue weighted by Crippen LogP contribution is 2.19. The number of H-pyrrole nitrogens is 1. The van der Waals surface area contributed by atoms with Crippen molar-refractivity contribution in [3.63, 3.8) is 0 Å². The largest absolute Gasteiger partial charge is 0.508 e. The fourth-order valence-corrected chi connectivity index (χ4v) is 4.54. The Morgan fingerprint density at radius 1 is 0.927 bits per heavy atom. The number of carbonyl (C=O) groups excluding carboxylic acids is 4. The predicted molar refractivity (Wildman–Crippen MR) is 157 cm³/mol. The second kappa shape index (κ2) is 15.5. The van der Waals surface area contributed by atoms with E-state index in [2.05, 4.69) is 20.9 Å². The number of aldehydes is 1. The van der Waals surface area contributed by atoms with Crippen molar-refractivity contribution in [3.05, 3.63) is 65.9 Å². The van der Waals surface area contributed by atoms with Gasteiger partial charge >= 0.3 is 0 Å². The maximum atomic E-state index is 13.7. The summed E-state index contributed by atoms with van der Waals surface area (Å²) in [7, 11) is 0. The molecular formula is C30H40N6O5. The first kappa shape index (κ1) is 31.3. The molecule has 3 aromatic rings. The minimum atomic E-state index is -1.04. The fourth-order valence-electron chi connectivity index (χ4n) is 4.54. The van der Waals surface area contributed by atoms with Crippen LogP contribution in [0.2, 0.25) is 0 Å². The van der Waals surface area contributed by atoms with Crippen molar-refractivity contribution in [2.45, 2.75) is 69.6 Å². The minimum Gasteiger partial charge on any atom is -0.508 e. The van der Waals surface area contributed by atoms with Gasteiger partial charge in [0, 0.05) is 23.5 Å². The van der Waals surface area contributed by atoms with Crippen molar-refractivity contribution < 1.29 is 24.3 Å². The lowest BCUT2D eigenvalue weighted by Gasteiger charge is -2.25. The van der Waals surface area contributed by atoms with Gasteiger partial charge in [0.25, 0.3) is 0 Å². The summed E-state index contributed by atoms with van der Waals surface area (Å²) in [4.78, 5) is 54.3. The number of hydrogen-bond acceptors (Lipinski definition) is 7. The summed E-state index contributed by atoms with van der Waals surface area (Å²) < 4.78 is 0. The molecule has 4 atom stereocenters. The summed E-state index contributed by atoms with van der Waals surface area (Å²) in [6.45, 7) is 2.21. The van der Waals surface area contributed by atoms with E-state index in [9.17, 15) is 24.3 Å². The van der Waals surface area contributed by atoms with Crippen LogP contribution in [0.3, 0.4) is 0 Å². The highest BCUT2D eigenvalue weighted by atomic mass is 16.3. The van der Waals surface area contributed by atoms with Crippen LogP contribution in [0.5, 0.6) is 5.75 Å². The normalized spacial score (nSPS) is 14.0. The molecule has 0 saturated carbocycles. The number of amides is 3. The summed E-state index contributed by atoms with van der Waals surface area (Å²) in [6, 6.07) is 10.4. The Labute approximate surface area is 239 Å². The quantitative estimate of drug-likeness (QED) is 0.100. The number of nitrogens with one attached hydrogen (secondary N) is 4. The van der Waals surface area contributed by atoms with E-state index in [0.717, 1.165) is 22.0 Å². The number of fused-ring (bicyclic) bond motifs is 1. The van der Waals surface area contributed by atoms with Gasteiger partial charge in [-0.2, -0.15) is 0 Å². The van der Waals surface area contributed by atoms with E-state index in [0.29, 0.717) is 38.5 Å². The number of hydrogen-bond donors (Lipinski definition) is 7. The number of phenolic OH excluding ortho intramolecular Hbond substituents is 1. The Morgan fingerprint density at radius 3 is 2.29 bits per heavy atom. The van der Waals surface area contributed by atoms with Crippen LogP contribution in [-0.2, 0) is 32.0 Å². The molecule has 0 fully saturated rings. The van der Waals surface area contributed by atoms with Crippen molar-refractivity contribution >= 4 is 34.9 Å². The number of aromatic amines is 1. The number of rotatable bonds is 16.